The van der Waals surface area contributed by atoms with Gasteiger partial charge in [0, 0.05) is 12.7 Å². The molecule has 1 fully saturated rings. The molecule has 25 heavy (non-hydrogen) atoms. The fourth-order valence-corrected chi connectivity index (χ4v) is 2.97. The molecule has 0 spiro atoms. The quantitative estimate of drug-likeness (QED) is 0.639. The number of aromatic hydroxyl groups is 1. The van der Waals surface area contributed by atoms with Crippen LogP contribution in [0.5, 0.6) is 5.75 Å². The standard InChI is InChI=1S/C18H23BO5S/c1-12(21)25-11-14(19-23-17(2,3)18(4,5)24-19)9-13-7-6-8-16(22)15(13)10-20/h6-10,22H,11H2,1-5H3. The van der Waals surface area contributed by atoms with E-state index in [9.17, 15) is 14.7 Å². The van der Waals surface area contributed by atoms with Crippen molar-refractivity contribution in [2.45, 2.75) is 45.8 Å². The molecule has 2 rings (SSSR count). The number of phenolic OH excluding ortho intramolecular Hbond substituents is 1. The van der Waals surface area contributed by atoms with E-state index in [2.05, 4.69) is 0 Å². The first-order valence-electron chi connectivity index (χ1n) is 8.04. The Labute approximate surface area is 152 Å². The van der Waals surface area contributed by atoms with Crippen molar-refractivity contribution in [3.05, 3.63) is 34.8 Å². The second-order valence-corrected chi connectivity index (χ2v) is 8.14. The summed E-state index contributed by atoms with van der Waals surface area (Å²) >= 11 is 1.15. The molecular formula is C18H23BO5S. The highest BCUT2D eigenvalue weighted by Crippen LogP contribution is 2.39. The van der Waals surface area contributed by atoms with Crippen LogP contribution in [0.25, 0.3) is 6.08 Å². The van der Waals surface area contributed by atoms with E-state index >= 15 is 0 Å². The van der Waals surface area contributed by atoms with Crippen molar-refractivity contribution in [2.75, 3.05) is 5.75 Å². The molecule has 1 N–H and O–H groups in total. The number of carbonyl (C=O) groups is 2. The molecule has 0 aromatic heterocycles. The third kappa shape index (κ3) is 4.34. The summed E-state index contributed by atoms with van der Waals surface area (Å²) in [5.41, 5.74) is 0.467. The second-order valence-electron chi connectivity index (χ2n) is 6.99. The van der Waals surface area contributed by atoms with Gasteiger partial charge in [0.15, 0.2) is 11.4 Å². The Bertz CT molecular complexity index is 695. The Morgan fingerprint density at radius 3 is 2.36 bits per heavy atom. The molecule has 0 amide bonds. The van der Waals surface area contributed by atoms with E-state index in [0.29, 0.717) is 17.6 Å². The van der Waals surface area contributed by atoms with E-state index in [1.807, 2.05) is 27.7 Å². The Morgan fingerprint density at radius 1 is 1.24 bits per heavy atom. The summed E-state index contributed by atoms with van der Waals surface area (Å²) in [6.45, 7) is 9.31. The lowest BCUT2D eigenvalue weighted by Crippen LogP contribution is -2.41. The zero-order chi connectivity index (χ0) is 18.8. The summed E-state index contributed by atoms with van der Waals surface area (Å²) in [7, 11) is -0.626. The molecule has 1 aromatic rings. The first-order valence-corrected chi connectivity index (χ1v) is 9.02. The predicted octanol–water partition coefficient (Wildman–Crippen LogP) is 3.50. The van der Waals surface area contributed by atoms with Gasteiger partial charge in [0.2, 0.25) is 0 Å². The van der Waals surface area contributed by atoms with Gasteiger partial charge in [0.25, 0.3) is 0 Å². The van der Waals surface area contributed by atoms with Gasteiger partial charge in [0.05, 0.1) is 16.8 Å². The first kappa shape index (κ1) is 19.8. The van der Waals surface area contributed by atoms with E-state index in [0.717, 1.165) is 17.2 Å². The van der Waals surface area contributed by atoms with E-state index in [-0.39, 0.29) is 16.4 Å². The summed E-state index contributed by atoms with van der Waals surface area (Å²) in [6.07, 6.45) is 2.36. The number of aldehydes is 1. The average Bonchev–Trinajstić information content (AvgIpc) is 2.71. The van der Waals surface area contributed by atoms with E-state index in [1.54, 1.807) is 18.2 Å². The maximum Gasteiger partial charge on any atom is 0.491 e. The van der Waals surface area contributed by atoms with Gasteiger partial charge >= 0.3 is 7.12 Å². The number of phenols is 1. The predicted molar refractivity (Wildman–Crippen MR) is 101 cm³/mol. The minimum atomic E-state index is -0.626. The SMILES string of the molecule is CC(=O)SCC(=Cc1cccc(O)c1C=O)B1OC(C)(C)C(C)(C)O1. The van der Waals surface area contributed by atoms with Gasteiger partial charge in [-0.05, 0) is 44.8 Å². The Hall–Kier alpha value is -1.57. The molecule has 1 aromatic carbocycles. The van der Waals surface area contributed by atoms with Gasteiger partial charge in [-0.3, -0.25) is 9.59 Å². The average molecular weight is 362 g/mol. The van der Waals surface area contributed by atoms with Crippen LogP contribution in [0.2, 0.25) is 0 Å². The summed E-state index contributed by atoms with van der Waals surface area (Å²) in [4.78, 5) is 22.7. The lowest BCUT2D eigenvalue weighted by Gasteiger charge is -2.32. The number of hydrogen-bond donors (Lipinski definition) is 1. The van der Waals surface area contributed by atoms with Crippen LogP contribution in [0.3, 0.4) is 0 Å². The van der Waals surface area contributed by atoms with Crippen LogP contribution in [0, 0.1) is 0 Å². The zero-order valence-electron chi connectivity index (χ0n) is 15.2. The van der Waals surface area contributed by atoms with Gasteiger partial charge in [0.1, 0.15) is 5.75 Å². The third-order valence-electron chi connectivity index (χ3n) is 4.57. The van der Waals surface area contributed by atoms with Crippen LogP contribution < -0.4 is 0 Å². The lowest BCUT2D eigenvalue weighted by atomic mass is 9.78. The molecule has 0 radical (unpaired) electrons. The van der Waals surface area contributed by atoms with Crippen LogP contribution >= 0.6 is 11.8 Å². The van der Waals surface area contributed by atoms with Crippen molar-refractivity contribution < 1.29 is 24.0 Å². The number of carbonyl (C=O) groups excluding carboxylic acids is 2. The highest BCUT2D eigenvalue weighted by molar-refractivity contribution is 8.13. The minimum absolute atomic E-state index is 0.0195. The summed E-state index contributed by atoms with van der Waals surface area (Å²) in [5, 5.41) is 9.85. The van der Waals surface area contributed by atoms with E-state index in [1.165, 1.54) is 13.0 Å². The third-order valence-corrected chi connectivity index (χ3v) is 5.46. The minimum Gasteiger partial charge on any atom is -0.507 e. The van der Waals surface area contributed by atoms with E-state index in [4.69, 9.17) is 9.31 Å². The number of benzene rings is 1. The van der Waals surface area contributed by atoms with Gasteiger partial charge in [-0.25, -0.2) is 0 Å². The maximum atomic E-state index is 11.4. The Balaban J connectivity index is 2.42. The van der Waals surface area contributed by atoms with Crippen LogP contribution in [-0.4, -0.2) is 40.6 Å². The maximum absolute atomic E-state index is 11.4. The van der Waals surface area contributed by atoms with Crippen molar-refractivity contribution in [3.8, 4) is 5.75 Å². The normalized spacial score (nSPS) is 19.1. The highest BCUT2D eigenvalue weighted by atomic mass is 32.2. The number of rotatable bonds is 5. The highest BCUT2D eigenvalue weighted by Gasteiger charge is 2.52. The van der Waals surface area contributed by atoms with Crippen LogP contribution in [-0.2, 0) is 14.1 Å². The molecule has 7 heteroatoms. The van der Waals surface area contributed by atoms with Crippen LogP contribution in [0.15, 0.2) is 23.7 Å². The van der Waals surface area contributed by atoms with Gasteiger partial charge in [-0.15, -0.1) is 0 Å². The van der Waals surface area contributed by atoms with Gasteiger partial charge < -0.3 is 14.4 Å². The molecule has 0 atom stereocenters. The monoisotopic (exact) mass is 362 g/mol. The molecule has 1 aliphatic rings. The molecule has 134 valence electrons. The van der Waals surface area contributed by atoms with Crippen LogP contribution in [0.4, 0.5) is 0 Å². The molecule has 1 aliphatic heterocycles. The van der Waals surface area contributed by atoms with Crippen LogP contribution in [0.1, 0.15) is 50.5 Å². The summed E-state index contributed by atoms with van der Waals surface area (Å²) < 4.78 is 12.1. The molecule has 0 bridgehead atoms. The molecular weight excluding hydrogens is 339 g/mol. The molecule has 1 saturated heterocycles. The summed E-state index contributed by atoms with van der Waals surface area (Å²) in [5.74, 6) is 0.288. The molecule has 5 nitrogen and oxygen atoms in total. The second kappa shape index (κ2) is 7.36. The fourth-order valence-electron chi connectivity index (χ4n) is 2.38. The smallest absolute Gasteiger partial charge is 0.491 e. The van der Waals surface area contributed by atoms with Crippen molar-refractivity contribution in [3.63, 3.8) is 0 Å². The van der Waals surface area contributed by atoms with Crippen molar-refractivity contribution in [1.82, 2.24) is 0 Å². The van der Waals surface area contributed by atoms with Crippen molar-refractivity contribution in [2.24, 2.45) is 0 Å². The van der Waals surface area contributed by atoms with Crippen molar-refractivity contribution >= 4 is 36.4 Å². The first-order chi connectivity index (χ1) is 11.6. The van der Waals surface area contributed by atoms with Gasteiger partial charge in [-0.1, -0.05) is 30.0 Å². The Morgan fingerprint density at radius 2 is 1.84 bits per heavy atom. The molecule has 0 aliphatic carbocycles. The molecule has 0 unspecified atom stereocenters. The Kier molecular flexibility index (Phi) is 5.81. The zero-order valence-corrected chi connectivity index (χ0v) is 16.0. The number of hydrogen-bond acceptors (Lipinski definition) is 6. The fraction of sp³-hybridized carbons (Fsp3) is 0.444. The molecule has 0 saturated carbocycles. The number of thioether (sulfide) groups is 1. The van der Waals surface area contributed by atoms with Gasteiger partial charge in [-0.2, -0.15) is 0 Å². The topological polar surface area (TPSA) is 72.8 Å². The van der Waals surface area contributed by atoms with E-state index < -0.39 is 18.3 Å². The summed E-state index contributed by atoms with van der Waals surface area (Å²) in [6, 6.07) is 4.85. The lowest BCUT2D eigenvalue weighted by molar-refractivity contribution is -0.109. The van der Waals surface area contributed by atoms with Crippen molar-refractivity contribution in [1.29, 1.82) is 0 Å². The molecule has 1 heterocycles. The largest absolute Gasteiger partial charge is 0.507 e.